The van der Waals surface area contributed by atoms with Crippen LogP contribution in [0.25, 0.3) is 0 Å². The molecular formula is C13H19ClO2. The van der Waals surface area contributed by atoms with Crippen molar-refractivity contribution in [1.82, 2.24) is 0 Å². The first-order valence-electron chi connectivity index (χ1n) is 5.33. The number of rotatable bonds is 4. The third-order valence-corrected chi connectivity index (χ3v) is 3.24. The lowest BCUT2D eigenvalue weighted by atomic mass is 9.89. The zero-order valence-electron chi connectivity index (χ0n) is 10.2. The highest BCUT2D eigenvalue weighted by Crippen LogP contribution is 2.26. The van der Waals surface area contributed by atoms with Crippen molar-refractivity contribution < 1.29 is 9.84 Å². The summed E-state index contributed by atoms with van der Waals surface area (Å²) in [5.74, 6) is 0. The summed E-state index contributed by atoms with van der Waals surface area (Å²) in [6.07, 6.45) is 0. The van der Waals surface area contributed by atoms with Crippen molar-refractivity contribution in [2.24, 2.45) is 0 Å². The molecule has 0 aliphatic rings. The minimum atomic E-state index is -0.876. The van der Waals surface area contributed by atoms with Crippen LogP contribution in [0.1, 0.15) is 33.3 Å². The molecule has 0 heterocycles. The van der Waals surface area contributed by atoms with Crippen LogP contribution in [-0.2, 0) is 11.3 Å². The molecule has 0 atom stereocenters. The fourth-order valence-corrected chi connectivity index (χ4v) is 1.15. The number of aliphatic hydroxyl groups is 1. The molecule has 0 bridgehead atoms. The van der Waals surface area contributed by atoms with E-state index in [1.807, 2.05) is 38.1 Å². The third-order valence-electron chi connectivity index (χ3n) is 2.99. The van der Waals surface area contributed by atoms with E-state index in [1.165, 1.54) is 0 Å². The molecule has 0 fully saturated rings. The fourth-order valence-electron chi connectivity index (χ4n) is 1.02. The Morgan fingerprint density at radius 1 is 1.12 bits per heavy atom. The van der Waals surface area contributed by atoms with Crippen LogP contribution in [0.5, 0.6) is 0 Å². The van der Waals surface area contributed by atoms with Gasteiger partial charge in [-0.1, -0.05) is 23.7 Å². The average molecular weight is 243 g/mol. The van der Waals surface area contributed by atoms with Gasteiger partial charge in [-0.15, -0.1) is 0 Å². The maximum absolute atomic E-state index is 9.92. The SMILES string of the molecule is CC(C)(O)C(C)(C)OCc1ccc(Cl)cc1. The van der Waals surface area contributed by atoms with Crippen LogP contribution >= 0.6 is 11.6 Å². The molecule has 0 aliphatic heterocycles. The van der Waals surface area contributed by atoms with E-state index in [-0.39, 0.29) is 0 Å². The van der Waals surface area contributed by atoms with Gasteiger partial charge in [-0.05, 0) is 45.4 Å². The molecule has 0 unspecified atom stereocenters. The predicted octanol–water partition coefficient (Wildman–Crippen LogP) is 3.41. The summed E-state index contributed by atoms with van der Waals surface area (Å²) < 4.78 is 5.73. The monoisotopic (exact) mass is 242 g/mol. The first-order chi connectivity index (χ1) is 7.22. The molecule has 0 amide bonds. The second-order valence-corrected chi connectivity index (χ2v) is 5.42. The quantitative estimate of drug-likeness (QED) is 0.877. The van der Waals surface area contributed by atoms with E-state index in [0.29, 0.717) is 11.6 Å². The van der Waals surface area contributed by atoms with E-state index >= 15 is 0 Å². The van der Waals surface area contributed by atoms with Crippen molar-refractivity contribution in [2.45, 2.75) is 45.5 Å². The summed E-state index contributed by atoms with van der Waals surface area (Å²) in [6.45, 7) is 7.71. The average Bonchev–Trinajstić information content (AvgIpc) is 2.15. The Bertz CT molecular complexity index is 336. The number of halogens is 1. The molecule has 1 N–H and O–H groups in total. The van der Waals surface area contributed by atoms with Crippen molar-refractivity contribution in [3.8, 4) is 0 Å². The molecule has 3 heteroatoms. The van der Waals surface area contributed by atoms with E-state index in [4.69, 9.17) is 16.3 Å². The molecule has 16 heavy (non-hydrogen) atoms. The van der Waals surface area contributed by atoms with Crippen molar-refractivity contribution in [2.75, 3.05) is 0 Å². The van der Waals surface area contributed by atoms with Gasteiger partial charge in [-0.2, -0.15) is 0 Å². The molecular weight excluding hydrogens is 224 g/mol. The van der Waals surface area contributed by atoms with Gasteiger partial charge in [-0.3, -0.25) is 0 Å². The molecule has 0 radical (unpaired) electrons. The molecule has 90 valence electrons. The van der Waals surface area contributed by atoms with Crippen molar-refractivity contribution in [3.05, 3.63) is 34.9 Å². The summed E-state index contributed by atoms with van der Waals surface area (Å²) in [4.78, 5) is 0. The van der Waals surface area contributed by atoms with E-state index in [1.54, 1.807) is 13.8 Å². The zero-order chi connectivity index (χ0) is 12.4. The van der Waals surface area contributed by atoms with Crippen LogP contribution in [0.2, 0.25) is 5.02 Å². The van der Waals surface area contributed by atoms with E-state index in [9.17, 15) is 5.11 Å². The van der Waals surface area contributed by atoms with Gasteiger partial charge in [0, 0.05) is 5.02 Å². The van der Waals surface area contributed by atoms with Crippen LogP contribution in [-0.4, -0.2) is 16.3 Å². The van der Waals surface area contributed by atoms with Crippen LogP contribution < -0.4 is 0 Å². The predicted molar refractivity (Wildman–Crippen MR) is 66.6 cm³/mol. The molecule has 1 rings (SSSR count). The topological polar surface area (TPSA) is 29.5 Å². The highest BCUT2D eigenvalue weighted by Gasteiger charge is 2.35. The minimum absolute atomic E-state index is 0.466. The van der Waals surface area contributed by atoms with Crippen LogP contribution in [0.15, 0.2) is 24.3 Å². The fraction of sp³-hybridized carbons (Fsp3) is 0.538. The Morgan fingerprint density at radius 2 is 1.62 bits per heavy atom. The van der Waals surface area contributed by atoms with Crippen LogP contribution in [0.3, 0.4) is 0 Å². The highest BCUT2D eigenvalue weighted by molar-refractivity contribution is 6.30. The lowest BCUT2D eigenvalue weighted by molar-refractivity contribution is -0.153. The molecule has 2 nitrogen and oxygen atoms in total. The Balaban J connectivity index is 2.61. The second-order valence-electron chi connectivity index (χ2n) is 4.98. The summed E-state index contributed by atoms with van der Waals surface area (Å²) in [5, 5.41) is 10.6. The lowest BCUT2D eigenvalue weighted by Crippen LogP contribution is -2.47. The van der Waals surface area contributed by atoms with Gasteiger partial charge in [0.2, 0.25) is 0 Å². The van der Waals surface area contributed by atoms with E-state index < -0.39 is 11.2 Å². The maximum atomic E-state index is 9.92. The molecule has 1 aromatic carbocycles. The van der Waals surface area contributed by atoms with Crippen molar-refractivity contribution in [3.63, 3.8) is 0 Å². The van der Waals surface area contributed by atoms with Crippen LogP contribution in [0, 0.1) is 0 Å². The van der Waals surface area contributed by atoms with E-state index in [2.05, 4.69) is 0 Å². The van der Waals surface area contributed by atoms with Crippen molar-refractivity contribution in [1.29, 1.82) is 0 Å². The van der Waals surface area contributed by atoms with Gasteiger partial charge < -0.3 is 9.84 Å². The van der Waals surface area contributed by atoms with Gasteiger partial charge in [-0.25, -0.2) is 0 Å². The Hall–Kier alpha value is -0.570. The Kier molecular flexibility index (Phi) is 4.00. The lowest BCUT2D eigenvalue weighted by Gasteiger charge is -2.37. The molecule has 0 aromatic heterocycles. The third kappa shape index (κ3) is 3.48. The summed E-state index contributed by atoms with van der Waals surface area (Å²) in [5.41, 5.74) is -0.423. The van der Waals surface area contributed by atoms with E-state index in [0.717, 1.165) is 5.56 Å². The Labute approximate surface area is 102 Å². The summed E-state index contributed by atoms with van der Waals surface area (Å²) in [6, 6.07) is 7.50. The molecule has 0 aliphatic carbocycles. The van der Waals surface area contributed by atoms with Gasteiger partial charge in [0.05, 0.1) is 17.8 Å². The number of hydrogen-bond acceptors (Lipinski definition) is 2. The maximum Gasteiger partial charge on any atom is 0.0911 e. The standard InChI is InChI=1S/C13H19ClO2/c1-12(2,15)13(3,4)16-9-10-5-7-11(14)8-6-10/h5-8,15H,9H2,1-4H3. The minimum Gasteiger partial charge on any atom is -0.387 e. The molecule has 0 saturated heterocycles. The van der Waals surface area contributed by atoms with Gasteiger partial charge in [0.25, 0.3) is 0 Å². The molecule has 0 spiro atoms. The number of hydrogen-bond donors (Lipinski definition) is 1. The summed E-state index contributed by atoms with van der Waals surface area (Å²) >= 11 is 5.79. The normalized spacial score (nSPS) is 12.9. The largest absolute Gasteiger partial charge is 0.387 e. The number of ether oxygens (including phenoxy) is 1. The van der Waals surface area contributed by atoms with Gasteiger partial charge in [0.15, 0.2) is 0 Å². The number of benzene rings is 1. The smallest absolute Gasteiger partial charge is 0.0911 e. The molecule has 0 saturated carbocycles. The molecule has 1 aromatic rings. The van der Waals surface area contributed by atoms with Gasteiger partial charge in [0.1, 0.15) is 0 Å². The Morgan fingerprint density at radius 3 is 2.06 bits per heavy atom. The van der Waals surface area contributed by atoms with Crippen LogP contribution in [0.4, 0.5) is 0 Å². The first-order valence-corrected chi connectivity index (χ1v) is 5.71. The first kappa shape index (κ1) is 13.5. The van der Waals surface area contributed by atoms with Gasteiger partial charge >= 0.3 is 0 Å². The van der Waals surface area contributed by atoms with Crippen molar-refractivity contribution >= 4 is 11.6 Å². The second kappa shape index (κ2) is 4.74. The zero-order valence-corrected chi connectivity index (χ0v) is 11.0. The summed E-state index contributed by atoms with van der Waals surface area (Å²) in [7, 11) is 0. The highest BCUT2D eigenvalue weighted by atomic mass is 35.5.